The van der Waals surface area contributed by atoms with Gasteiger partial charge in [-0.15, -0.1) is 0 Å². The molecule has 8 heteroatoms. The Bertz CT molecular complexity index is 1010. The largest absolute Gasteiger partial charge is 0.353 e. The molecule has 2 aromatic rings. The lowest BCUT2D eigenvalue weighted by Crippen LogP contribution is -2.47. The molecular formula is C23H28ClN3O3S. The van der Waals surface area contributed by atoms with Crippen molar-refractivity contribution in [2.45, 2.75) is 42.7 Å². The lowest BCUT2D eigenvalue weighted by atomic mass is 10.0. The molecule has 31 heavy (non-hydrogen) atoms. The Labute approximate surface area is 189 Å². The molecule has 0 aliphatic carbocycles. The predicted octanol–water partition coefficient (Wildman–Crippen LogP) is 3.45. The quantitative estimate of drug-likeness (QED) is 0.685. The van der Waals surface area contributed by atoms with Gasteiger partial charge in [0, 0.05) is 18.1 Å². The van der Waals surface area contributed by atoms with Gasteiger partial charge in [-0.05, 0) is 62.5 Å². The van der Waals surface area contributed by atoms with Crippen LogP contribution in [0.1, 0.15) is 37.3 Å². The number of amides is 1. The van der Waals surface area contributed by atoms with E-state index in [1.165, 1.54) is 4.31 Å². The van der Waals surface area contributed by atoms with E-state index in [-0.39, 0.29) is 16.8 Å². The van der Waals surface area contributed by atoms with E-state index in [0.29, 0.717) is 31.0 Å². The molecular weight excluding hydrogens is 434 g/mol. The normalized spacial score (nSPS) is 21.3. The van der Waals surface area contributed by atoms with E-state index in [1.54, 1.807) is 30.3 Å². The van der Waals surface area contributed by atoms with Gasteiger partial charge >= 0.3 is 0 Å². The van der Waals surface area contributed by atoms with Gasteiger partial charge in [-0.25, -0.2) is 8.42 Å². The number of carbonyl (C=O) groups excluding carboxylic acids is 1. The molecule has 4 rings (SSSR count). The number of likely N-dealkylation sites (tertiary alicyclic amines) is 1. The summed E-state index contributed by atoms with van der Waals surface area (Å²) in [5.74, 6) is -0.242. The molecule has 0 aromatic heterocycles. The lowest BCUT2D eigenvalue weighted by molar-refractivity contribution is -0.124. The van der Waals surface area contributed by atoms with Gasteiger partial charge in [0.25, 0.3) is 0 Å². The van der Waals surface area contributed by atoms with Gasteiger partial charge in [-0.1, -0.05) is 48.0 Å². The highest BCUT2D eigenvalue weighted by Crippen LogP contribution is 2.30. The molecule has 0 spiro atoms. The van der Waals surface area contributed by atoms with Crippen LogP contribution in [-0.4, -0.2) is 55.8 Å². The fourth-order valence-corrected chi connectivity index (χ4v) is 6.51. The van der Waals surface area contributed by atoms with E-state index in [4.69, 9.17) is 11.6 Å². The number of carbonyl (C=O) groups is 1. The second-order valence-electron chi connectivity index (χ2n) is 8.11. The molecule has 2 saturated heterocycles. The molecule has 2 aliphatic rings. The van der Waals surface area contributed by atoms with Crippen LogP contribution in [0.15, 0.2) is 59.5 Å². The molecule has 166 valence electrons. The molecule has 0 bridgehead atoms. The first-order valence-corrected chi connectivity index (χ1v) is 12.6. The number of benzene rings is 2. The third-order valence-corrected chi connectivity index (χ3v) is 8.44. The number of nitrogens with one attached hydrogen (secondary N) is 1. The highest BCUT2D eigenvalue weighted by atomic mass is 35.5. The van der Waals surface area contributed by atoms with Crippen LogP contribution in [0.25, 0.3) is 0 Å². The SMILES string of the molecule is O=C(NCC(c1ccccc1Cl)N1CCCC1)C1CCCN1S(=O)(=O)c1ccccc1. The molecule has 0 radical (unpaired) electrons. The summed E-state index contributed by atoms with van der Waals surface area (Å²) in [6, 6.07) is 15.3. The highest BCUT2D eigenvalue weighted by molar-refractivity contribution is 7.89. The minimum atomic E-state index is -3.71. The molecule has 2 aromatic carbocycles. The van der Waals surface area contributed by atoms with Crippen LogP contribution in [0.5, 0.6) is 0 Å². The van der Waals surface area contributed by atoms with Crippen LogP contribution < -0.4 is 5.32 Å². The number of hydrogen-bond acceptors (Lipinski definition) is 4. The van der Waals surface area contributed by atoms with Gasteiger partial charge in [-0.3, -0.25) is 9.69 Å². The van der Waals surface area contributed by atoms with Crippen molar-refractivity contribution in [3.63, 3.8) is 0 Å². The molecule has 2 aliphatic heterocycles. The topological polar surface area (TPSA) is 69.7 Å². The van der Waals surface area contributed by atoms with E-state index in [9.17, 15) is 13.2 Å². The summed E-state index contributed by atoms with van der Waals surface area (Å²) in [6.45, 7) is 2.68. The van der Waals surface area contributed by atoms with Crippen LogP contribution >= 0.6 is 11.6 Å². The number of rotatable bonds is 7. The number of hydrogen-bond donors (Lipinski definition) is 1. The van der Waals surface area contributed by atoms with Crippen molar-refractivity contribution < 1.29 is 13.2 Å². The van der Waals surface area contributed by atoms with Crippen molar-refractivity contribution >= 4 is 27.5 Å². The van der Waals surface area contributed by atoms with Gasteiger partial charge in [0.05, 0.1) is 10.9 Å². The smallest absolute Gasteiger partial charge is 0.243 e. The Morgan fingerprint density at radius 2 is 1.68 bits per heavy atom. The van der Waals surface area contributed by atoms with Crippen molar-refractivity contribution in [2.24, 2.45) is 0 Å². The third kappa shape index (κ3) is 4.80. The van der Waals surface area contributed by atoms with Crippen molar-refractivity contribution in [2.75, 3.05) is 26.2 Å². The van der Waals surface area contributed by atoms with Crippen molar-refractivity contribution in [1.29, 1.82) is 0 Å². The van der Waals surface area contributed by atoms with E-state index < -0.39 is 16.1 Å². The fraction of sp³-hybridized carbons (Fsp3) is 0.435. The Hall–Kier alpha value is -1.93. The summed E-state index contributed by atoms with van der Waals surface area (Å²) in [6.07, 6.45) is 3.45. The molecule has 1 N–H and O–H groups in total. The van der Waals surface area contributed by atoms with Crippen molar-refractivity contribution in [1.82, 2.24) is 14.5 Å². The Kier molecular flexibility index (Phi) is 6.96. The van der Waals surface area contributed by atoms with Crippen LogP contribution in [0.3, 0.4) is 0 Å². The Morgan fingerprint density at radius 1 is 1.00 bits per heavy atom. The first kappa shape index (κ1) is 22.3. The molecule has 6 nitrogen and oxygen atoms in total. The van der Waals surface area contributed by atoms with Crippen molar-refractivity contribution in [3.05, 3.63) is 65.2 Å². The second-order valence-corrected chi connectivity index (χ2v) is 10.4. The van der Waals surface area contributed by atoms with Gasteiger partial charge in [0.15, 0.2) is 0 Å². The summed E-state index contributed by atoms with van der Waals surface area (Å²) in [5.41, 5.74) is 0.992. The third-order valence-electron chi connectivity index (χ3n) is 6.17. The zero-order valence-electron chi connectivity index (χ0n) is 17.4. The van der Waals surface area contributed by atoms with E-state index in [1.807, 2.05) is 24.3 Å². The molecule has 2 unspecified atom stereocenters. The number of halogens is 1. The maximum absolute atomic E-state index is 13.1. The monoisotopic (exact) mass is 461 g/mol. The maximum atomic E-state index is 13.1. The molecule has 2 atom stereocenters. The van der Waals surface area contributed by atoms with Crippen LogP contribution in [0.2, 0.25) is 5.02 Å². The second kappa shape index (κ2) is 9.69. The highest BCUT2D eigenvalue weighted by Gasteiger charge is 2.39. The van der Waals surface area contributed by atoms with E-state index >= 15 is 0 Å². The van der Waals surface area contributed by atoms with Crippen LogP contribution in [-0.2, 0) is 14.8 Å². The minimum Gasteiger partial charge on any atom is -0.353 e. The van der Waals surface area contributed by atoms with Gasteiger partial charge in [-0.2, -0.15) is 4.31 Å². The standard InChI is InChI=1S/C23H28ClN3O3S/c24-20-12-5-4-11-19(20)22(26-14-6-7-15-26)17-25-23(28)21-13-8-16-27(21)31(29,30)18-9-2-1-3-10-18/h1-5,9-12,21-22H,6-8,13-17H2,(H,25,28). The Balaban J connectivity index is 1.49. The zero-order valence-corrected chi connectivity index (χ0v) is 19.0. The van der Waals surface area contributed by atoms with Crippen molar-refractivity contribution in [3.8, 4) is 0 Å². The average molecular weight is 462 g/mol. The maximum Gasteiger partial charge on any atom is 0.243 e. The molecule has 1 amide bonds. The fourth-order valence-electron chi connectivity index (χ4n) is 4.57. The summed E-state index contributed by atoms with van der Waals surface area (Å²) in [4.78, 5) is 15.7. The first-order valence-electron chi connectivity index (χ1n) is 10.8. The average Bonchev–Trinajstić information content (AvgIpc) is 3.48. The van der Waals surface area contributed by atoms with Crippen LogP contribution in [0, 0.1) is 0 Å². The summed E-state index contributed by atoms with van der Waals surface area (Å²) in [7, 11) is -3.71. The molecule has 2 fully saturated rings. The summed E-state index contributed by atoms with van der Waals surface area (Å²) < 4.78 is 27.5. The molecule has 2 heterocycles. The minimum absolute atomic E-state index is 0.0271. The summed E-state index contributed by atoms with van der Waals surface area (Å²) >= 11 is 6.46. The van der Waals surface area contributed by atoms with Crippen LogP contribution in [0.4, 0.5) is 0 Å². The first-order chi connectivity index (χ1) is 15.0. The van der Waals surface area contributed by atoms with E-state index in [0.717, 1.165) is 31.5 Å². The number of nitrogens with zero attached hydrogens (tertiary/aromatic N) is 2. The van der Waals surface area contributed by atoms with Gasteiger partial charge in [0.2, 0.25) is 15.9 Å². The zero-order chi connectivity index (χ0) is 21.8. The van der Waals surface area contributed by atoms with Gasteiger partial charge in [0.1, 0.15) is 6.04 Å². The van der Waals surface area contributed by atoms with Gasteiger partial charge < -0.3 is 5.32 Å². The summed E-state index contributed by atoms with van der Waals surface area (Å²) in [5, 5.41) is 3.72. The lowest BCUT2D eigenvalue weighted by Gasteiger charge is -2.30. The van der Waals surface area contributed by atoms with E-state index in [2.05, 4.69) is 10.2 Å². The predicted molar refractivity (Wildman–Crippen MR) is 121 cm³/mol. The number of sulfonamides is 1. The Morgan fingerprint density at radius 3 is 2.39 bits per heavy atom. The molecule has 0 saturated carbocycles.